The lowest BCUT2D eigenvalue weighted by Crippen LogP contribution is -2.21. The zero-order chi connectivity index (χ0) is 15.4. The van der Waals surface area contributed by atoms with Crippen molar-refractivity contribution in [2.45, 2.75) is 58.5 Å². The zero-order valence-electron chi connectivity index (χ0n) is 12.2. The van der Waals surface area contributed by atoms with Crippen LogP contribution in [0.3, 0.4) is 0 Å². The second-order valence-corrected chi connectivity index (χ2v) is 5.74. The van der Waals surface area contributed by atoms with E-state index >= 15 is 0 Å². The third-order valence-corrected chi connectivity index (χ3v) is 3.13. The lowest BCUT2D eigenvalue weighted by Gasteiger charge is -2.15. The molecule has 0 aliphatic heterocycles. The van der Waals surface area contributed by atoms with Gasteiger partial charge in [-0.25, -0.2) is 9.36 Å². The molecule has 0 aromatic carbocycles. The first-order valence-corrected chi connectivity index (χ1v) is 8.49. The predicted octanol–water partition coefficient (Wildman–Crippen LogP) is 2.94. The Balaban J connectivity index is 3.91. The number of hydrogen-bond donors (Lipinski definition) is 2. The summed E-state index contributed by atoms with van der Waals surface area (Å²) in [5, 5.41) is 0. The van der Waals surface area contributed by atoms with Gasteiger partial charge in [-0.05, 0) is 19.3 Å². The van der Waals surface area contributed by atoms with Gasteiger partial charge < -0.3 is 14.5 Å². The molecule has 0 saturated carbocycles. The van der Waals surface area contributed by atoms with Crippen molar-refractivity contribution < 1.29 is 28.4 Å². The Morgan fingerprint density at radius 1 is 1.25 bits per heavy atom. The average Bonchev–Trinajstić information content (AvgIpc) is 2.37. The van der Waals surface area contributed by atoms with Crippen LogP contribution < -0.4 is 0 Å². The summed E-state index contributed by atoms with van der Waals surface area (Å²) < 4.78 is 19.9. The number of carbonyl (C=O) groups is 1. The molecule has 0 aliphatic rings. The molecule has 0 heterocycles. The lowest BCUT2D eigenvalue weighted by atomic mass is 10.1. The Hall–Kier alpha value is -0.680. The molecule has 20 heavy (non-hydrogen) atoms. The van der Waals surface area contributed by atoms with Crippen molar-refractivity contribution >= 4 is 13.8 Å². The molecule has 0 radical (unpaired) electrons. The molecule has 0 aliphatic carbocycles. The number of allylic oxidation sites excluding steroid dienone is 1. The summed E-state index contributed by atoms with van der Waals surface area (Å²) in [5.74, 6) is -0.512. The Labute approximate surface area is 120 Å². The van der Waals surface area contributed by atoms with Crippen LogP contribution in [0, 0.1) is 0 Å². The van der Waals surface area contributed by atoms with Gasteiger partial charge in [0.2, 0.25) is 0 Å². The molecule has 0 amide bonds. The number of ether oxygens (including phenoxy) is 1. The van der Waals surface area contributed by atoms with E-state index in [1.807, 2.05) is 0 Å². The van der Waals surface area contributed by atoms with Gasteiger partial charge in [-0.2, -0.15) is 0 Å². The molecule has 118 valence electrons. The van der Waals surface area contributed by atoms with E-state index in [1.165, 1.54) is 18.9 Å². The van der Waals surface area contributed by atoms with Crippen molar-refractivity contribution in [2.75, 3.05) is 6.61 Å². The average molecular weight is 308 g/mol. The smallest absolute Gasteiger partial charge is 0.457 e. The van der Waals surface area contributed by atoms with Crippen LogP contribution in [-0.4, -0.2) is 28.5 Å². The Morgan fingerprint density at radius 3 is 2.50 bits per heavy atom. The highest BCUT2D eigenvalue weighted by Crippen LogP contribution is 2.36. The van der Waals surface area contributed by atoms with Crippen LogP contribution in [0.1, 0.15) is 52.4 Å². The van der Waals surface area contributed by atoms with Gasteiger partial charge in [0.1, 0.15) is 6.10 Å². The SMILES string of the molecule is CCCCCCC=CC(=O)OC(CC)COP(=O)(O)O. The van der Waals surface area contributed by atoms with Crippen LogP contribution in [0.5, 0.6) is 0 Å². The van der Waals surface area contributed by atoms with E-state index in [1.54, 1.807) is 13.0 Å². The van der Waals surface area contributed by atoms with Gasteiger partial charge in [-0.3, -0.25) is 4.52 Å². The predicted molar refractivity (Wildman–Crippen MR) is 76.1 cm³/mol. The maximum atomic E-state index is 11.5. The zero-order valence-corrected chi connectivity index (χ0v) is 13.1. The minimum atomic E-state index is -4.52. The number of carbonyl (C=O) groups excluding carboxylic acids is 1. The number of hydrogen-bond acceptors (Lipinski definition) is 4. The standard InChI is InChI=1S/C13H25O6P/c1-3-5-6-7-8-9-10-13(14)19-12(4-2)11-18-20(15,16)17/h9-10,12H,3-8,11H2,1-2H3,(H2,15,16,17). The summed E-state index contributed by atoms with van der Waals surface area (Å²) in [7, 11) is -4.52. The molecule has 7 heteroatoms. The largest absolute Gasteiger partial charge is 0.469 e. The number of esters is 1. The van der Waals surface area contributed by atoms with Gasteiger partial charge in [0.25, 0.3) is 0 Å². The van der Waals surface area contributed by atoms with Gasteiger partial charge in [-0.15, -0.1) is 0 Å². The van der Waals surface area contributed by atoms with Gasteiger partial charge in [0.05, 0.1) is 6.61 Å². The topological polar surface area (TPSA) is 93.1 Å². The molecule has 0 spiro atoms. The number of phosphoric acid groups is 1. The number of rotatable bonds is 11. The van der Waals surface area contributed by atoms with Crippen molar-refractivity contribution in [3.63, 3.8) is 0 Å². The van der Waals surface area contributed by atoms with Crippen LogP contribution in [0.2, 0.25) is 0 Å². The quantitative estimate of drug-likeness (QED) is 0.264. The molecule has 0 aromatic heterocycles. The fourth-order valence-electron chi connectivity index (χ4n) is 1.49. The van der Waals surface area contributed by atoms with Crippen LogP contribution in [0.4, 0.5) is 0 Å². The molecule has 2 N–H and O–H groups in total. The van der Waals surface area contributed by atoms with Crippen molar-refractivity contribution in [2.24, 2.45) is 0 Å². The van der Waals surface area contributed by atoms with E-state index in [0.717, 1.165) is 19.3 Å². The van der Waals surface area contributed by atoms with Crippen molar-refractivity contribution in [1.29, 1.82) is 0 Å². The third kappa shape index (κ3) is 12.4. The normalized spacial score (nSPS) is 13.6. The molecular formula is C13H25O6P. The molecule has 1 unspecified atom stereocenters. The van der Waals surface area contributed by atoms with Crippen molar-refractivity contribution in [3.8, 4) is 0 Å². The first kappa shape index (κ1) is 19.3. The van der Waals surface area contributed by atoms with Crippen LogP contribution in [0.15, 0.2) is 12.2 Å². The van der Waals surface area contributed by atoms with E-state index in [0.29, 0.717) is 6.42 Å². The first-order valence-electron chi connectivity index (χ1n) is 6.96. The van der Waals surface area contributed by atoms with E-state index < -0.39 is 19.9 Å². The molecule has 0 rings (SSSR count). The van der Waals surface area contributed by atoms with Crippen molar-refractivity contribution in [1.82, 2.24) is 0 Å². The highest BCUT2D eigenvalue weighted by atomic mass is 31.2. The Kier molecular flexibility index (Phi) is 10.7. The highest BCUT2D eigenvalue weighted by molar-refractivity contribution is 7.46. The maximum absolute atomic E-state index is 11.5. The van der Waals surface area contributed by atoms with Crippen LogP contribution >= 0.6 is 7.82 Å². The summed E-state index contributed by atoms with van der Waals surface area (Å²) >= 11 is 0. The molecule has 0 bridgehead atoms. The molecule has 0 fully saturated rings. The monoisotopic (exact) mass is 308 g/mol. The molecule has 0 aromatic rings. The van der Waals surface area contributed by atoms with Gasteiger partial charge in [-0.1, -0.05) is 39.2 Å². The molecule has 1 atom stereocenters. The van der Waals surface area contributed by atoms with Gasteiger partial charge in [0.15, 0.2) is 0 Å². The van der Waals surface area contributed by atoms with Crippen LogP contribution in [-0.2, 0) is 18.6 Å². The lowest BCUT2D eigenvalue weighted by molar-refractivity contribution is -0.144. The van der Waals surface area contributed by atoms with Crippen molar-refractivity contribution in [3.05, 3.63) is 12.2 Å². The molecule has 6 nitrogen and oxygen atoms in total. The van der Waals surface area contributed by atoms with E-state index in [2.05, 4.69) is 11.4 Å². The second-order valence-electron chi connectivity index (χ2n) is 4.51. The minimum Gasteiger partial charge on any atom is -0.457 e. The Bertz CT molecular complexity index is 336. The van der Waals surface area contributed by atoms with Crippen LogP contribution in [0.25, 0.3) is 0 Å². The fourth-order valence-corrected chi connectivity index (χ4v) is 1.85. The van der Waals surface area contributed by atoms with E-state index in [-0.39, 0.29) is 6.61 Å². The van der Waals surface area contributed by atoms with Gasteiger partial charge >= 0.3 is 13.8 Å². The van der Waals surface area contributed by atoms with Gasteiger partial charge in [0, 0.05) is 6.08 Å². The Morgan fingerprint density at radius 2 is 1.95 bits per heavy atom. The summed E-state index contributed by atoms with van der Waals surface area (Å²) in [6.45, 7) is 3.57. The minimum absolute atomic E-state index is 0.309. The first-order chi connectivity index (χ1) is 9.39. The molecule has 0 saturated heterocycles. The highest BCUT2D eigenvalue weighted by Gasteiger charge is 2.19. The second kappa shape index (κ2) is 11.0. The summed E-state index contributed by atoms with van der Waals surface area (Å²) in [5.41, 5.74) is 0. The number of phosphoric ester groups is 1. The van der Waals surface area contributed by atoms with E-state index in [4.69, 9.17) is 14.5 Å². The fraction of sp³-hybridized carbons (Fsp3) is 0.769. The summed E-state index contributed by atoms with van der Waals surface area (Å²) in [4.78, 5) is 28.6. The maximum Gasteiger partial charge on any atom is 0.469 e. The van der Waals surface area contributed by atoms with E-state index in [9.17, 15) is 9.36 Å². The number of unbranched alkanes of at least 4 members (excludes halogenated alkanes) is 4. The third-order valence-electron chi connectivity index (χ3n) is 2.65. The molecular weight excluding hydrogens is 283 g/mol. The summed E-state index contributed by atoms with van der Waals surface area (Å²) in [6.07, 6.45) is 8.25. The summed E-state index contributed by atoms with van der Waals surface area (Å²) in [6, 6.07) is 0.